The van der Waals surface area contributed by atoms with E-state index in [9.17, 15) is 9.90 Å². The van der Waals surface area contributed by atoms with Crippen molar-refractivity contribution >= 4 is 11.0 Å². The third kappa shape index (κ3) is 2.60. The van der Waals surface area contributed by atoms with E-state index in [2.05, 4.69) is 0 Å². The summed E-state index contributed by atoms with van der Waals surface area (Å²) in [5.74, 6) is 1.29. The Labute approximate surface area is 121 Å². The molecule has 1 N–H and O–H groups in total. The summed E-state index contributed by atoms with van der Waals surface area (Å²) in [7, 11) is 0. The summed E-state index contributed by atoms with van der Waals surface area (Å²) < 4.78 is 11.1. The van der Waals surface area contributed by atoms with Crippen LogP contribution in [0.4, 0.5) is 0 Å². The van der Waals surface area contributed by atoms with Crippen molar-refractivity contribution in [3.8, 4) is 22.8 Å². The molecule has 0 spiro atoms. The maximum atomic E-state index is 12.1. The molecule has 0 saturated carbocycles. The summed E-state index contributed by atoms with van der Waals surface area (Å²) in [4.78, 5) is 12.1. The molecule has 0 aliphatic carbocycles. The highest BCUT2D eigenvalue weighted by atomic mass is 16.5. The summed E-state index contributed by atoms with van der Waals surface area (Å²) in [5.41, 5.74) is 1.01. The molecular weight excluding hydrogens is 268 g/mol. The molecule has 0 amide bonds. The van der Waals surface area contributed by atoms with Gasteiger partial charge in [0.25, 0.3) is 0 Å². The van der Waals surface area contributed by atoms with Crippen LogP contribution in [0.3, 0.4) is 0 Å². The summed E-state index contributed by atoms with van der Waals surface area (Å²) in [6.07, 6.45) is 0. The van der Waals surface area contributed by atoms with Crippen molar-refractivity contribution in [1.29, 1.82) is 0 Å². The van der Waals surface area contributed by atoms with Crippen LogP contribution in [0.25, 0.3) is 22.3 Å². The van der Waals surface area contributed by atoms with Crippen molar-refractivity contribution in [2.45, 2.75) is 6.92 Å². The van der Waals surface area contributed by atoms with Crippen LogP contribution in [0.5, 0.6) is 11.5 Å². The molecule has 1 heterocycles. The molecule has 3 aromatic rings. The molecule has 1 aromatic heterocycles. The molecule has 4 heteroatoms. The van der Waals surface area contributed by atoms with Crippen LogP contribution in [0.1, 0.15) is 6.92 Å². The zero-order valence-electron chi connectivity index (χ0n) is 11.5. The van der Waals surface area contributed by atoms with Crippen molar-refractivity contribution in [1.82, 2.24) is 0 Å². The fraction of sp³-hybridized carbons (Fsp3) is 0.118. The van der Waals surface area contributed by atoms with E-state index in [1.54, 1.807) is 6.07 Å². The minimum atomic E-state index is -0.139. The second-order valence-corrected chi connectivity index (χ2v) is 4.61. The van der Waals surface area contributed by atoms with E-state index >= 15 is 0 Å². The van der Waals surface area contributed by atoms with E-state index in [1.165, 1.54) is 18.2 Å². The van der Waals surface area contributed by atoms with Gasteiger partial charge in [0.05, 0.1) is 12.0 Å². The first-order chi connectivity index (χ1) is 10.2. The van der Waals surface area contributed by atoms with E-state index in [0.717, 1.165) is 11.3 Å². The predicted octanol–water partition coefficient (Wildman–Crippen LogP) is 3.56. The number of phenolic OH excluding ortho intramolecular Hbond substituents is 1. The van der Waals surface area contributed by atoms with Gasteiger partial charge in [-0.1, -0.05) is 0 Å². The lowest BCUT2D eigenvalue weighted by Crippen LogP contribution is -2.00. The Hall–Kier alpha value is -2.75. The lowest BCUT2D eigenvalue weighted by molar-refractivity contribution is 0.340. The molecule has 4 nitrogen and oxygen atoms in total. The van der Waals surface area contributed by atoms with Gasteiger partial charge in [0, 0.05) is 17.7 Å². The Bertz CT molecular complexity index is 832. The SMILES string of the molecule is CCOc1ccc(-c2cc(=O)c3ccc(O)cc3o2)cc1. The van der Waals surface area contributed by atoms with Crippen LogP contribution >= 0.6 is 0 Å². The smallest absolute Gasteiger partial charge is 0.193 e. The molecule has 106 valence electrons. The number of benzene rings is 2. The molecule has 0 fully saturated rings. The Morgan fingerprint density at radius 2 is 1.86 bits per heavy atom. The summed E-state index contributed by atoms with van der Waals surface area (Å²) in [6, 6.07) is 13.2. The zero-order valence-corrected chi connectivity index (χ0v) is 11.5. The minimum Gasteiger partial charge on any atom is -0.508 e. The number of hydrogen-bond acceptors (Lipinski definition) is 4. The molecule has 0 radical (unpaired) electrons. The van der Waals surface area contributed by atoms with Crippen molar-refractivity contribution in [2.24, 2.45) is 0 Å². The van der Waals surface area contributed by atoms with Crippen LogP contribution in [0, 0.1) is 0 Å². The third-order valence-corrected chi connectivity index (χ3v) is 3.16. The van der Waals surface area contributed by atoms with Crippen molar-refractivity contribution < 1.29 is 14.3 Å². The van der Waals surface area contributed by atoms with E-state index in [0.29, 0.717) is 23.3 Å². The van der Waals surface area contributed by atoms with Gasteiger partial charge < -0.3 is 14.3 Å². The lowest BCUT2D eigenvalue weighted by atomic mass is 10.1. The number of phenols is 1. The highest BCUT2D eigenvalue weighted by molar-refractivity contribution is 5.80. The fourth-order valence-corrected chi connectivity index (χ4v) is 2.17. The highest BCUT2D eigenvalue weighted by Gasteiger charge is 2.07. The van der Waals surface area contributed by atoms with Gasteiger partial charge >= 0.3 is 0 Å². The molecule has 0 aliphatic heterocycles. The average Bonchev–Trinajstić information content (AvgIpc) is 2.48. The number of rotatable bonds is 3. The largest absolute Gasteiger partial charge is 0.508 e. The van der Waals surface area contributed by atoms with Crippen molar-refractivity contribution in [3.05, 3.63) is 58.8 Å². The Kier molecular flexibility index (Phi) is 3.36. The minimum absolute atomic E-state index is 0.0643. The first kappa shape index (κ1) is 13.2. The molecule has 0 aliphatic rings. The summed E-state index contributed by atoms with van der Waals surface area (Å²) >= 11 is 0. The zero-order chi connectivity index (χ0) is 14.8. The van der Waals surface area contributed by atoms with E-state index < -0.39 is 0 Å². The van der Waals surface area contributed by atoms with Crippen molar-refractivity contribution in [3.63, 3.8) is 0 Å². The van der Waals surface area contributed by atoms with Gasteiger partial charge in [-0.2, -0.15) is 0 Å². The standard InChI is InChI=1S/C17H14O4/c1-2-20-13-6-3-11(4-7-13)16-10-15(19)14-8-5-12(18)9-17(14)21-16/h3-10,18H,2H2,1H3. The van der Waals surface area contributed by atoms with Crippen LogP contribution in [-0.2, 0) is 0 Å². The second kappa shape index (κ2) is 5.32. The summed E-state index contributed by atoms with van der Waals surface area (Å²) in [6.45, 7) is 2.52. The maximum Gasteiger partial charge on any atom is 0.193 e. The van der Waals surface area contributed by atoms with Gasteiger partial charge in [-0.3, -0.25) is 4.79 Å². The molecule has 0 atom stereocenters. The Balaban J connectivity index is 2.09. The van der Waals surface area contributed by atoms with Crippen LogP contribution in [-0.4, -0.2) is 11.7 Å². The number of fused-ring (bicyclic) bond motifs is 1. The molecule has 0 saturated heterocycles. The van der Waals surface area contributed by atoms with Crippen LogP contribution in [0.2, 0.25) is 0 Å². The van der Waals surface area contributed by atoms with Crippen LogP contribution < -0.4 is 10.2 Å². The van der Waals surface area contributed by atoms with E-state index in [1.807, 2.05) is 31.2 Å². The molecular formula is C17H14O4. The molecule has 21 heavy (non-hydrogen) atoms. The van der Waals surface area contributed by atoms with E-state index in [-0.39, 0.29) is 11.2 Å². The molecule has 2 aromatic carbocycles. The summed E-state index contributed by atoms with van der Waals surface area (Å²) in [5, 5.41) is 9.95. The Morgan fingerprint density at radius 1 is 1.10 bits per heavy atom. The van der Waals surface area contributed by atoms with Gasteiger partial charge in [0.2, 0.25) is 0 Å². The molecule has 0 unspecified atom stereocenters. The quantitative estimate of drug-likeness (QED) is 0.798. The van der Waals surface area contributed by atoms with Crippen molar-refractivity contribution in [2.75, 3.05) is 6.61 Å². The van der Waals surface area contributed by atoms with Gasteiger partial charge in [-0.15, -0.1) is 0 Å². The number of aromatic hydroxyl groups is 1. The fourth-order valence-electron chi connectivity index (χ4n) is 2.17. The normalized spacial score (nSPS) is 10.7. The molecule has 3 rings (SSSR count). The Morgan fingerprint density at radius 3 is 2.57 bits per heavy atom. The van der Waals surface area contributed by atoms with Gasteiger partial charge in [0.1, 0.15) is 22.8 Å². The molecule has 0 bridgehead atoms. The lowest BCUT2D eigenvalue weighted by Gasteiger charge is -2.06. The number of ether oxygens (including phenoxy) is 1. The van der Waals surface area contributed by atoms with E-state index in [4.69, 9.17) is 9.15 Å². The van der Waals surface area contributed by atoms with Crippen LogP contribution in [0.15, 0.2) is 57.7 Å². The average molecular weight is 282 g/mol. The maximum absolute atomic E-state index is 12.1. The predicted molar refractivity (Wildman–Crippen MR) is 80.8 cm³/mol. The first-order valence-corrected chi connectivity index (χ1v) is 6.67. The first-order valence-electron chi connectivity index (χ1n) is 6.67. The van der Waals surface area contributed by atoms with Gasteiger partial charge in [0.15, 0.2) is 5.43 Å². The topological polar surface area (TPSA) is 59.7 Å². The second-order valence-electron chi connectivity index (χ2n) is 4.61. The van der Waals surface area contributed by atoms with Gasteiger partial charge in [-0.25, -0.2) is 0 Å². The third-order valence-electron chi connectivity index (χ3n) is 3.16. The number of hydrogen-bond donors (Lipinski definition) is 1. The monoisotopic (exact) mass is 282 g/mol. The van der Waals surface area contributed by atoms with Gasteiger partial charge in [-0.05, 0) is 43.3 Å². The highest BCUT2D eigenvalue weighted by Crippen LogP contribution is 2.25.